The number of rotatable bonds is 4. The van der Waals surface area contributed by atoms with Gasteiger partial charge in [0, 0.05) is 21.9 Å². The Morgan fingerprint density at radius 1 is 1.04 bits per heavy atom. The summed E-state index contributed by atoms with van der Waals surface area (Å²) in [5, 5.41) is 2.23. The molecule has 0 aliphatic heterocycles. The van der Waals surface area contributed by atoms with E-state index in [9.17, 15) is 0 Å². The highest BCUT2D eigenvalue weighted by atomic mass is 79.9. The highest BCUT2D eigenvalue weighted by Crippen LogP contribution is 2.33. The molecule has 2 N–H and O–H groups in total. The number of hydrogen-bond donors (Lipinski definition) is 2. The van der Waals surface area contributed by atoms with E-state index in [1.807, 2.05) is 6.07 Å². The summed E-state index contributed by atoms with van der Waals surface area (Å²) in [5.74, 6) is 0.791. The summed E-state index contributed by atoms with van der Waals surface area (Å²) < 4.78 is 1.04. The fourth-order valence-electron chi connectivity index (χ4n) is 3.15. The van der Waals surface area contributed by atoms with E-state index in [2.05, 4.69) is 63.1 Å². The van der Waals surface area contributed by atoms with E-state index in [0.717, 1.165) is 45.5 Å². The number of aromatic nitrogens is 3. The van der Waals surface area contributed by atoms with Crippen molar-refractivity contribution in [3.63, 3.8) is 0 Å². The van der Waals surface area contributed by atoms with Crippen molar-refractivity contribution in [1.29, 1.82) is 0 Å². The minimum absolute atomic E-state index is 0.505. The molecule has 0 atom stereocenters. The molecule has 0 amide bonds. The zero-order chi connectivity index (χ0) is 18.4. The van der Waals surface area contributed by atoms with Gasteiger partial charge >= 0.3 is 0 Å². The average Bonchev–Trinajstić information content (AvgIpc) is 3.13. The largest absolute Gasteiger partial charge is 0.352 e. The monoisotopic (exact) mass is 450 g/mol. The van der Waals surface area contributed by atoms with Crippen LogP contribution >= 0.6 is 39.1 Å². The normalized spacial score (nSPS) is 11.9. The smallest absolute Gasteiger partial charge is 0.155 e. The summed E-state index contributed by atoms with van der Waals surface area (Å²) in [5.41, 5.74) is 5.00. The van der Waals surface area contributed by atoms with Gasteiger partial charge in [-0.05, 0) is 50.3 Å². The Hall–Kier alpha value is -1.53. The molecule has 134 valence electrons. The van der Waals surface area contributed by atoms with Gasteiger partial charge in [-0.3, -0.25) is 0 Å². The van der Waals surface area contributed by atoms with Crippen molar-refractivity contribution < 1.29 is 0 Å². The number of imidazole rings is 1. The van der Waals surface area contributed by atoms with E-state index in [4.69, 9.17) is 28.2 Å². The number of nitrogens with zero attached hydrogens (tertiary/aromatic N) is 2. The molecule has 0 aliphatic carbocycles. The molecular weight excluding hydrogens is 435 g/mol. The molecule has 0 unspecified atom stereocenters. The van der Waals surface area contributed by atoms with Crippen LogP contribution in [0, 0.1) is 0 Å². The molecule has 2 aromatic heterocycles. The van der Waals surface area contributed by atoms with Gasteiger partial charge in [0.1, 0.15) is 0 Å². The number of hydrogen-bond acceptors (Lipinski definition) is 2. The molecule has 4 rings (SSSR count). The molecule has 4 aromatic rings. The molecule has 0 bridgehead atoms. The molecule has 0 saturated heterocycles. The Morgan fingerprint density at radius 3 is 2.58 bits per heavy atom. The third kappa shape index (κ3) is 3.25. The molecule has 2 aromatic carbocycles. The van der Waals surface area contributed by atoms with Gasteiger partial charge in [-0.2, -0.15) is 0 Å². The van der Waals surface area contributed by atoms with E-state index in [-0.39, 0.29) is 0 Å². The molecule has 0 radical (unpaired) electrons. The van der Waals surface area contributed by atoms with Crippen LogP contribution in [0.3, 0.4) is 0 Å². The first-order chi connectivity index (χ1) is 12.4. The molecule has 26 heavy (non-hydrogen) atoms. The topological polar surface area (TPSA) is 47.7 Å². The Morgan fingerprint density at radius 2 is 1.81 bits per heavy atom. The fraction of sp³-hybridized carbons (Fsp3) is 0.211. The summed E-state index contributed by atoms with van der Waals surface area (Å²) in [7, 11) is 4.16. The number of aromatic amines is 2. The van der Waals surface area contributed by atoms with E-state index in [1.54, 1.807) is 6.07 Å². The lowest BCUT2D eigenvalue weighted by molar-refractivity contribution is 0.414. The highest BCUT2D eigenvalue weighted by Gasteiger charge is 2.17. The molecule has 0 fully saturated rings. The van der Waals surface area contributed by atoms with E-state index in [0.29, 0.717) is 10.0 Å². The standard InChI is InChI=1S/C19H17BrCl2N4/c1-26(2)6-5-12-11-4-3-10(20)7-15(11)23-18(12)19-24-16-8-13(21)14(22)9-17(16)25-19/h3-4,7-9,23H,5-6H2,1-2H3,(H,24,25). The van der Waals surface area contributed by atoms with Crippen molar-refractivity contribution in [1.82, 2.24) is 19.9 Å². The van der Waals surface area contributed by atoms with Crippen LogP contribution in [0.2, 0.25) is 10.0 Å². The predicted octanol–water partition coefficient (Wildman–Crippen LogP) is 5.88. The molecular formula is C19H17BrCl2N4. The SMILES string of the molecule is CN(C)CCc1c(-c2nc3cc(Cl)c(Cl)cc3[nH]2)[nH]c2cc(Br)ccc12. The second kappa shape index (κ2) is 6.89. The van der Waals surface area contributed by atoms with Gasteiger partial charge in [-0.25, -0.2) is 4.98 Å². The Labute approximate surface area is 169 Å². The first-order valence-corrected chi connectivity index (χ1v) is 9.77. The summed E-state index contributed by atoms with van der Waals surface area (Å²) in [4.78, 5) is 13.8. The molecule has 4 nitrogen and oxygen atoms in total. The van der Waals surface area contributed by atoms with E-state index in [1.165, 1.54) is 10.9 Å². The van der Waals surface area contributed by atoms with Crippen molar-refractivity contribution in [2.45, 2.75) is 6.42 Å². The summed E-state index contributed by atoms with van der Waals surface area (Å²) >= 11 is 15.8. The number of fused-ring (bicyclic) bond motifs is 2. The van der Waals surface area contributed by atoms with Crippen LogP contribution in [0.1, 0.15) is 5.56 Å². The van der Waals surface area contributed by atoms with Gasteiger partial charge in [0.05, 0.1) is 26.8 Å². The van der Waals surface area contributed by atoms with Gasteiger partial charge < -0.3 is 14.9 Å². The maximum atomic E-state index is 6.14. The molecule has 0 saturated carbocycles. The Bertz CT molecular complexity index is 1070. The fourth-order valence-corrected chi connectivity index (χ4v) is 3.83. The van der Waals surface area contributed by atoms with Crippen LogP contribution in [0.4, 0.5) is 0 Å². The summed E-state index contributed by atoms with van der Waals surface area (Å²) in [6.45, 7) is 0.952. The van der Waals surface area contributed by atoms with E-state index < -0.39 is 0 Å². The van der Waals surface area contributed by atoms with Crippen molar-refractivity contribution >= 4 is 61.1 Å². The van der Waals surface area contributed by atoms with Crippen LogP contribution < -0.4 is 0 Å². The van der Waals surface area contributed by atoms with Gasteiger partial charge in [-0.1, -0.05) is 45.2 Å². The second-order valence-electron chi connectivity index (χ2n) is 6.59. The first kappa shape index (κ1) is 17.9. The zero-order valence-corrected chi connectivity index (χ0v) is 17.4. The third-order valence-corrected chi connectivity index (χ3v) is 5.65. The lowest BCUT2D eigenvalue weighted by Crippen LogP contribution is -2.15. The van der Waals surface area contributed by atoms with Gasteiger partial charge in [0.2, 0.25) is 0 Å². The third-order valence-electron chi connectivity index (χ3n) is 4.44. The number of halogens is 3. The van der Waals surface area contributed by atoms with Crippen LogP contribution in [0.15, 0.2) is 34.8 Å². The van der Waals surface area contributed by atoms with Crippen LogP contribution in [-0.4, -0.2) is 40.5 Å². The van der Waals surface area contributed by atoms with Crippen molar-refractivity contribution in [3.8, 4) is 11.5 Å². The lowest BCUT2D eigenvalue weighted by Gasteiger charge is -2.09. The molecule has 2 heterocycles. The Kier molecular flexibility index (Phi) is 4.73. The molecule has 7 heteroatoms. The minimum atomic E-state index is 0.505. The average molecular weight is 452 g/mol. The zero-order valence-electron chi connectivity index (χ0n) is 14.3. The van der Waals surface area contributed by atoms with Crippen molar-refractivity contribution in [2.24, 2.45) is 0 Å². The maximum Gasteiger partial charge on any atom is 0.155 e. The molecule has 0 aliphatic rings. The van der Waals surface area contributed by atoms with Gasteiger partial charge in [0.15, 0.2) is 5.82 Å². The number of nitrogens with one attached hydrogen (secondary N) is 2. The van der Waals surface area contributed by atoms with Crippen LogP contribution in [0.25, 0.3) is 33.5 Å². The minimum Gasteiger partial charge on any atom is -0.352 e. The van der Waals surface area contributed by atoms with Crippen LogP contribution in [-0.2, 0) is 6.42 Å². The molecule has 0 spiro atoms. The van der Waals surface area contributed by atoms with Gasteiger partial charge in [-0.15, -0.1) is 0 Å². The number of benzene rings is 2. The van der Waals surface area contributed by atoms with E-state index >= 15 is 0 Å². The Balaban J connectivity index is 1.90. The van der Waals surface area contributed by atoms with Crippen LogP contribution in [0.5, 0.6) is 0 Å². The quantitative estimate of drug-likeness (QED) is 0.406. The van der Waals surface area contributed by atoms with Crippen molar-refractivity contribution in [3.05, 3.63) is 50.4 Å². The number of H-pyrrole nitrogens is 2. The van der Waals surface area contributed by atoms with Crippen molar-refractivity contribution in [2.75, 3.05) is 20.6 Å². The first-order valence-electron chi connectivity index (χ1n) is 8.22. The highest BCUT2D eigenvalue weighted by molar-refractivity contribution is 9.10. The van der Waals surface area contributed by atoms with Gasteiger partial charge in [0.25, 0.3) is 0 Å². The maximum absolute atomic E-state index is 6.14. The number of likely N-dealkylation sites (N-methyl/N-ethyl adjacent to an activating group) is 1. The second-order valence-corrected chi connectivity index (χ2v) is 8.32. The summed E-state index contributed by atoms with van der Waals surface area (Å²) in [6.07, 6.45) is 0.919. The lowest BCUT2D eigenvalue weighted by atomic mass is 10.1. The summed E-state index contributed by atoms with van der Waals surface area (Å²) in [6, 6.07) is 9.90. The predicted molar refractivity (Wildman–Crippen MR) is 113 cm³/mol.